The molecule has 142 valence electrons. The summed E-state index contributed by atoms with van der Waals surface area (Å²) in [4.78, 5) is 23.9. The van der Waals surface area contributed by atoms with Crippen LogP contribution in [0.15, 0.2) is 60.7 Å². The molecule has 1 amide bonds. The molecule has 28 heavy (non-hydrogen) atoms. The highest BCUT2D eigenvalue weighted by Gasteiger charge is 2.10. The molecule has 0 fully saturated rings. The number of hydrogen-bond acceptors (Lipinski definition) is 6. The average Bonchev–Trinajstić information content (AvgIpc) is 2.69. The SMILES string of the molecule is CCOC(=O)c1ccc(Nc2ccc(C(=O)Nc3cccc(C)c3)nn2)cc1. The number of aryl methyl sites for hydroxylation is 1. The summed E-state index contributed by atoms with van der Waals surface area (Å²) in [5.74, 6) is -0.211. The van der Waals surface area contributed by atoms with Crippen molar-refractivity contribution in [3.05, 3.63) is 77.5 Å². The van der Waals surface area contributed by atoms with Crippen LogP contribution >= 0.6 is 0 Å². The summed E-state index contributed by atoms with van der Waals surface area (Å²) in [6.45, 7) is 4.05. The van der Waals surface area contributed by atoms with Gasteiger partial charge in [-0.2, -0.15) is 0 Å². The van der Waals surface area contributed by atoms with Crippen molar-refractivity contribution in [1.29, 1.82) is 0 Å². The fraction of sp³-hybridized carbons (Fsp3) is 0.143. The van der Waals surface area contributed by atoms with Crippen molar-refractivity contribution in [3.8, 4) is 0 Å². The second-order valence-electron chi connectivity index (χ2n) is 6.05. The van der Waals surface area contributed by atoms with Gasteiger partial charge in [0.05, 0.1) is 12.2 Å². The van der Waals surface area contributed by atoms with Crippen molar-refractivity contribution < 1.29 is 14.3 Å². The first-order valence-corrected chi connectivity index (χ1v) is 8.81. The highest BCUT2D eigenvalue weighted by atomic mass is 16.5. The molecule has 3 rings (SSSR count). The van der Waals surface area contributed by atoms with Crippen LogP contribution in [0.2, 0.25) is 0 Å². The van der Waals surface area contributed by atoms with Crippen LogP contribution in [0, 0.1) is 6.92 Å². The Labute approximate surface area is 162 Å². The lowest BCUT2D eigenvalue weighted by Gasteiger charge is -2.08. The van der Waals surface area contributed by atoms with E-state index in [9.17, 15) is 9.59 Å². The second-order valence-corrected chi connectivity index (χ2v) is 6.05. The summed E-state index contributed by atoms with van der Waals surface area (Å²) >= 11 is 0. The van der Waals surface area contributed by atoms with Crippen LogP contribution < -0.4 is 10.6 Å². The summed E-state index contributed by atoms with van der Waals surface area (Å²) < 4.78 is 4.95. The zero-order chi connectivity index (χ0) is 19.9. The van der Waals surface area contributed by atoms with Crippen LogP contribution in [0.25, 0.3) is 0 Å². The van der Waals surface area contributed by atoms with E-state index < -0.39 is 0 Å². The van der Waals surface area contributed by atoms with Gasteiger partial charge in [-0.15, -0.1) is 10.2 Å². The van der Waals surface area contributed by atoms with Gasteiger partial charge in [0.1, 0.15) is 0 Å². The highest BCUT2D eigenvalue weighted by Crippen LogP contribution is 2.16. The van der Waals surface area contributed by atoms with Crippen molar-refractivity contribution in [2.45, 2.75) is 13.8 Å². The lowest BCUT2D eigenvalue weighted by atomic mass is 10.2. The topological polar surface area (TPSA) is 93.2 Å². The molecule has 0 saturated carbocycles. The smallest absolute Gasteiger partial charge is 0.338 e. The van der Waals surface area contributed by atoms with Crippen LogP contribution in [0.5, 0.6) is 0 Å². The van der Waals surface area contributed by atoms with Gasteiger partial charge in [0.25, 0.3) is 5.91 Å². The largest absolute Gasteiger partial charge is 0.462 e. The second kappa shape index (κ2) is 8.77. The Morgan fingerprint density at radius 2 is 1.75 bits per heavy atom. The van der Waals surface area contributed by atoms with Gasteiger partial charge in [-0.25, -0.2) is 4.79 Å². The first kappa shape index (κ1) is 19.0. The quantitative estimate of drug-likeness (QED) is 0.633. The summed E-state index contributed by atoms with van der Waals surface area (Å²) in [6.07, 6.45) is 0. The Morgan fingerprint density at radius 1 is 0.964 bits per heavy atom. The zero-order valence-electron chi connectivity index (χ0n) is 15.6. The van der Waals surface area contributed by atoms with Gasteiger partial charge in [0.15, 0.2) is 11.5 Å². The number of ether oxygens (including phenoxy) is 1. The molecule has 0 bridgehead atoms. The maximum absolute atomic E-state index is 12.3. The molecule has 1 heterocycles. The average molecular weight is 376 g/mol. The van der Waals surface area contributed by atoms with E-state index in [1.165, 1.54) is 0 Å². The number of nitrogens with one attached hydrogen (secondary N) is 2. The van der Waals surface area contributed by atoms with Crippen molar-refractivity contribution in [2.75, 3.05) is 17.2 Å². The number of carbonyl (C=O) groups excluding carboxylic acids is 2. The van der Waals surface area contributed by atoms with Crippen molar-refractivity contribution >= 4 is 29.1 Å². The zero-order valence-corrected chi connectivity index (χ0v) is 15.6. The van der Waals surface area contributed by atoms with E-state index in [1.807, 2.05) is 31.2 Å². The molecule has 2 aromatic carbocycles. The van der Waals surface area contributed by atoms with Gasteiger partial charge >= 0.3 is 5.97 Å². The number of carbonyl (C=O) groups is 2. The molecule has 7 heteroatoms. The van der Waals surface area contributed by atoms with E-state index in [4.69, 9.17) is 4.74 Å². The van der Waals surface area contributed by atoms with Gasteiger partial charge in [-0.05, 0) is 67.9 Å². The molecule has 7 nitrogen and oxygen atoms in total. The van der Waals surface area contributed by atoms with E-state index in [1.54, 1.807) is 43.3 Å². The van der Waals surface area contributed by atoms with Crippen molar-refractivity contribution in [1.82, 2.24) is 10.2 Å². The summed E-state index contributed by atoms with van der Waals surface area (Å²) in [6, 6.07) is 17.6. The number of aromatic nitrogens is 2. The van der Waals surface area contributed by atoms with Gasteiger partial charge in [0, 0.05) is 11.4 Å². The Bertz CT molecular complexity index is 970. The lowest BCUT2D eigenvalue weighted by molar-refractivity contribution is 0.0526. The first-order valence-electron chi connectivity index (χ1n) is 8.81. The van der Waals surface area contributed by atoms with E-state index in [2.05, 4.69) is 20.8 Å². The minimum absolute atomic E-state index is 0.213. The fourth-order valence-electron chi connectivity index (χ4n) is 2.49. The molecule has 2 N–H and O–H groups in total. The molecule has 1 aromatic heterocycles. The third-order valence-corrected chi connectivity index (χ3v) is 3.84. The van der Waals surface area contributed by atoms with E-state index in [0.29, 0.717) is 23.7 Å². The van der Waals surface area contributed by atoms with E-state index >= 15 is 0 Å². The van der Waals surface area contributed by atoms with Crippen LogP contribution in [-0.2, 0) is 4.74 Å². The molecular weight excluding hydrogens is 356 g/mol. The van der Waals surface area contributed by atoms with Crippen LogP contribution in [0.1, 0.15) is 33.3 Å². The molecule has 0 aliphatic heterocycles. The van der Waals surface area contributed by atoms with E-state index in [0.717, 1.165) is 11.3 Å². The standard InChI is InChI=1S/C21H20N4O3/c1-3-28-21(27)15-7-9-16(10-8-15)22-19-12-11-18(24-25-19)20(26)23-17-6-4-5-14(2)13-17/h4-13H,3H2,1-2H3,(H,22,25)(H,23,26). The first-order chi connectivity index (χ1) is 13.5. The number of anilines is 3. The fourth-order valence-corrected chi connectivity index (χ4v) is 2.49. The van der Waals surface area contributed by atoms with E-state index in [-0.39, 0.29) is 17.6 Å². The van der Waals surface area contributed by atoms with Gasteiger partial charge in [0.2, 0.25) is 0 Å². The molecule has 0 aliphatic rings. The third-order valence-electron chi connectivity index (χ3n) is 3.84. The van der Waals surface area contributed by atoms with Gasteiger partial charge < -0.3 is 15.4 Å². The van der Waals surface area contributed by atoms with Crippen molar-refractivity contribution in [3.63, 3.8) is 0 Å². The molecule has 0 unspecified atom stereocenters. The Morgan fingerprint density at radius 3 is 2.39 bits per heavy atom. The van der Waals surface area contributed by atoms with Crippen LogP contribution in [0.4, 0.5) is 17.2 Å². The molecule has 0 aliphatic carbocycles. The number of nitrogens with zero attached hydrogens (tertiary/aromatic N) is 2. The van der Waals surface area contributed by atoms with Gasteiger partial charge in [-0.3, -0.25) is 4.79 Å². The normalized spacial score (nSPS) is 10.2. The monoisotopic (exact) mass is 376 g/mol. The molecular formula is C21H20N4O3. The predicted octanol–water partition coefficient (Wildman–Crippen LogP) is 3.96. The molecule has 0 spiro atoms. The van der Waals surface area contributed by atoms with Crippen LogP contribution in [-0.4, -0.2) is 28.7 Å². The van der Waals surface area contributed by atoms with Crippen LogP contribution in [0.3, 0.4) is 0 Å². The van der Waals surface area contributed by atoms with Crippen molar-refractivity contribution in [2.24, 2.45) is 0 Å². The molecule has 0 atom stereocenters. The highest BCUT2D eigenvalue weighted by molar-refractivity contribution is 6.02. The molecule has 0 saturated heterocycles. The summed E-state index contributed by atoms with van der Waals surface area (Å²) in [5, 5.41) is 13.9. The number of esters is 1. The maximum Gasteiger partial charge on any atom is 0.338 e. The minimum atomic E-state index is -0.363. The number of amides is 1. The predicted molar refractivity (Wildman–Crippen MR) is 107 cm³/mol. The number of benzene rings is 2. The molecule has 3 aromatic rings. The number of hydrogen-bond donors (Lipinski definition) is 2. The lowest BCUT2D eigenvalue weighted by Crippen LogP contribution is -2.14. The maximum atomic E-state index is 12.3. The number of rotatable bonds is 6. The Balaban J connectivity index is 1.62. The minimum Gasteiger partial charge on any atom is -0.462 e. The summed E-state index contributed by atoms with van der Waals surface area (Å²) in [5.41, 5.74) is 3.18. The Kier molecular flexibility index (Phi) is 5.96. The third kappa shape index (κ3) is 4.91. The van der Waals surface area contributed by atoms with Gasteiger partial charge in [-0.1, -0.05) is 12.1 Å². The molecule has 0 radical (unpaired) electrons. The summed E-state index contributed by atoms with van der Waals surface area (Å²) in [7, 11) is 0. The Hall–Kier alpha value is -3.74.